The lowest BCUT2D eigenvalue weighted by atomic mass is 10.1. The van der Waals surface area contributed by atoms with E-state index in [-0.39, 0.29) is 16.6 Å². The highest BCUT2D eigenvalue weighted by Crippen LogP contribution is 2.20. The number of aryl methyl sites for hydroxylation is 1. The molecule has 0 saturated heterocycles. The SMILES string of the molecule is Cc1cccc(-n2ccnc2SCC(=O)NCCc2ccc(S(N)(=O)=O)cc2)c1. The molecule has 0 fully saturated rings. The number of nitrogens with one attached hydrogen (secondary N) is 1. The Labute approximate surface area is 174 Å². The van der Waals surface area contributed by atoms with Crippen LogP contribution in [0.4, 0.5) is 0 Å². The third-order valence-corrected chi connectivity index (χ3v) is 6.10. The van der Waals surface area contributed by atoms with Gasteiger partial charge in [-0.15, -0.1) is 0 Å². The number of amides is 1. The maximum Gasteiger partial charge on any atom is 0.238 e. The van der Waals surface area contributed by atoms with Gasteiger partial charge in [0.15, 0.2) is 5.16 Å². The van der Waals surface area contributed by atoms with Crippen LogP contribution in [0.3, 0.4) is 0 Å². The summed E-state index contributed by atoms with van der Waals surface area (Å²) in [5, 5.41) is 8.70. The van der Waals surface area contributed by atoms with Crippen LogP contribution in [0.25, 0.3) is 5.69 Å². The zero-order valence-electron chi connectivity index (χ0n) is 15.9. The molecule has 3 aromatic rings. The average Bonchev–Trinajstić information content (AvgIpc) is 3.15. The molecule has 9 heteroatoms. The lowest BCUT2D eigenvalue weighted by molar-refractivity contribution is -0.118. The van der Waals surface area contributed by atoms with Gasteiger partial charge in [-0.3, -0.25) is 9.36 Å². The van der Waals surface area contributed by atoms with Crippen molar-refractivity contribution < 1.29 is 13.2 Å². The lowest BCUT2D eigenvalue weighted by Gasteiger charge is -2.09. The maximum atomic E-state index is 12.2. The number of carbonyl (C=O) groups excluding carboxylic acids is 1. The molecule has 1 amide bonds. The van der Waals surface area contributed by atoms with Gasteiger partial charge in [-0.25, -0.2) is 18.5 Å². The highest BCUT2D eigenvalue weighted by Gasteiger charge is 2.10. The maximum absolute atomic E-state index is 12.2. The molecule has 29 heavy (non-hydrogen) atoms. The summed E-state index contributed by atoms with van der Waals surface area (Å²) in [6.07, 6.45) is 4.19. The first-order valence-corrected chi connectivity index (χ1v) is 11.5. The summed E-state index contributed by atoms with van der Waals surface area (Å²) < 4.78 is 24.5. The van der Waals surface area contributed by atoms with Gasteiger partial charge in [0.1, 0.15) is 0 Å². The molecule has 3 N–H and O–H groups in total. The molecule has 2 aromatic carbocycles. The van der Waals surface area contributed by atoms with Crippen LogP contribution in [0.1, 0.15) is 11.1 Å². The number of hydrogen-bond donors (Lipinski definition) is 2. The van der Waals surface area contributed by atoms with Crippen LogP contribution < -0.4 is 10.5 Å². The van der Waals surface area contributed by atoms with Gasteiger partial charge < -0.3 is 5.32 Å². The number of nitrogens with zero attached hydrogens (tertiary/aromatic N) is 2. The Kier molecular flexibility index (Phi) is 6.73. The van der Waals surface area contributed by atoms with Crippen molar-refractivity contribution >= 4 is 27.7 Å². The second-order valence-corrected chi connectivity index (χ2v) is 9.00. The summed E-state index contributed by atoms with van der Waals surface area (Å²) in [4.78, 5) is 16.6. The van der Waals surface area contributed by atoms with Gasteiger partial charge >= 0.3 is 0 Å². The molecule has 1 aromatic heterocycles. The van der Waals surface area contributed by atoms with E-state index in [1.54, 1.807) is 18.3 Å². The van der Waals surface area contributed by atoms with Crippen molar-refractivity contribution in [3.05, 3.63) is 72.1 Å². The van der Waals surface area contributed by atoms with Gasteiger partial charge in [-0.2, -0.15) is 0 Å². The molecule has 152 valence electrons. The summed E-state index contributed by atoms with van der Waals surface area (Å²) in [6.45, 7) is 2.49. The molecule has 0 spiro atoms. The Bertz CT molecular complexity index is 1090. The Morgan fingerprint density at radius 1 is 1.21 bits per heavy atom. The summed E-state index contributed by atoms with van der Waals surface area (Å²) in [5.74, 6) is 0.169. The smallest absolute Gasteiger partial charge is 0.238 e. The van der Waals surface area contributed by atoms with E-state index in [1.807, 2.05) is 35.9 Å². The Balaban J connectivity index is 1.48. The quantitative estimate of drug-likeness (QED) is 0.533. The number of sulfonamides is 1. The van der Waals surface area contributed by atoms with Crippen molar-refractivity contribution in [1.82, 2.24) is 14.9 Å². The van der Waals surface area contributed by atoms with Gasteiger partial charge in [0, 0.05) is 24.6 Å². The first kappa shape index (κ1) is 21.1. The largest absolute Gasteiger partial charge is 0.355 e. The van der Waals surface area contributed by atoms with Crippen molar-refractivity contribution in [2.75, 3.05) is 12.3 Å². The topological polar surface area (TPSA) is 107 Å². The molecule has 1 heterocycles. The van der Waals surface area contributed by atoms with Crippen LogP contribution in [0.5, 0.6) is 0 Å². The van der Waals surface area contributed by atoms with E-state index in [0.29, 0.717) is 13.0 Å². The highest BCUT2D eigenvalue weighted by molar-refractivity contribution is 7.99. The average molecular weight is 431 g/mol. The van der Waals surface area contributed by atoms with Crippen LogP contribution in [0, 0.1) is 6.92 Å². The fourth-order valence-electron chi connectivity index (χ4n) is 2.74. The van der Waals surface area contributed by atoms with E-state index in [9.17, 15) is 13.2 Å². The van der Waals surface area contributed by atoms with Crippen molar-refractivity contribution in [3.8, 4) is 5.69 Å². The molecule has 0 radical (unpaired) electrons. The van der Waals surface area contributed by atoms with E-state index in [1.165, 1.54) is 23.9 Å². The highest BCUT2D eigenvalue weighted by atomic mass is 32.2. The lowest BCUT2D eigenvalue weighted by Crippen LogP contribution is -2.27. The summed E-state index contributed by atoms with van der Waals surface area (Å²) in [6, 6.07) is 14.4. The first-order chi connectivity index (χ1) is 13.8. The van der Waals surface area contributed by atoms with E-state index in [2.05, 4.69) is 16.4 Å². The fraction of sp³-hybridized carbons (Fsp3) is 0.200. The minimum atomic E-state index is -3.69. The number of imidazole rings is 1. The van der Waals surface area contributed by atoms with Gasteiger partial charge in [-0.05, 0) is 48.7 Å². The first-order valence-electron chi connectivity index (χ1n) is 8.94. The van der Waals surface area contributed by atoms with Crippen LogP contribution in [0.2, 0.25) is 0 Å². The Morgan fingerprint density at radius 3 is 2.66 bits per heavy atom. The number of rotatable bonds is 8. The molecule has 0 aliphatic rings. The molecule has 7 nitrogen and oxygen atoms in total. The standard InChI is InChI=1S/C20H22N4O3S2/c1-15-3-2-4-17(13-15)24-12-11-23-20(24)28-14-19(25)22-10-9-16-5-7-18(8-6-16)29(21,26)27/h2-8,11-13H,9-10,14H2,1H3,(H,22,25)(H2,21,26,27). The number of thioether (sulfide) groups is 1. The Morgan fingerprint density at radius 2 is 1.97 bits per heavy atom. The van der Waals surface area contributed by atoms with E-state index < -0.39 is 10.0 Å². The van der Waals surface area contributed by atoms with E-state index in [4.69, 9.17) is 5.14 Å². The van der Waals surface area contributed by atoms with E-state index in [0.717, 1.165) is 22.0 Å². The third kappa shape index (κ3) is 5.93. The number of hydrogen-bond acceptors (Lipinski definition) is 5. The van der Waals surface area contributed by atoms with Crippen LogP contribution in [-0.2, 0) is 21.2 Å². The summed E-state index contributed by atoms with van der Waals surface area (Å²) in [7, 11) is -3.69. The van der Waals surface area contributed by atoms with E-state index >= 15 is 0 Å². The van der Waals surface area contributed by atoms with Gasteiger partial charge in [0.05, 0.1) is 10.6 Å². The fourth-order valence-corrected chi connectivity index (χ4v) is 4.06. The zero-order valence-corrected chi connectivity index (χ0v) is 17.5. The van der Waals surface area contributed by atoms with Crippen LogP contribution in [-0.4, -0.2) is 36.2 Å². The number of aromatic nitrogens is 2. The molecule has 0 unspecified atom stereocenters. The minimum absolute atomic E-state index is 0.0748. The third-order valence-electron chi connectivity index (χ3n) is 4.21. The zero-order chi connectivity index (χ0) is 20.9. The second-order valence-electron chi connectivity index (χ2n) is 6.50. The number of benzene rings is 2. The van der Waals surface area contributed by atoms with Crippen molar-refractivity contribution in [1.29, 1.82) is 0 Å². The summed E-state index contributed by atoms with van der Waals surface area (Å²) in [5.41, 5.74) is 3.08. The molecular formula is C20H22N4O3S2. The van der Waals surface area contributed by atoms with Crippen molar-refractivity contribution in [2.45, 2.75) is 23.4 Å². The van der Waals surface area contributed by atoms with Gasteiger partial charge in [-0.1, -0.05) is 36.0 Å². The number of primary sulfonamides is 1. The number of carbonyl (C=O) groups is 1. The molecule has 0 atom stereocenters. The van der Waals surface area contributed by atoms with Crippen LogP contribution in [0.15, 0.2) is 71.0 Å². The van der Waals surface area contributed by atoms with Gasteiger partial charge in [0.25, 0.3) is 0 Å². The van der Waals surface area contributed by atoms with Crippen LogP contribution >= 0.6 is 11.8 Å². The molecule has 0 aliphatic heterocycles. The molecule has 0 aliphatic carbocycles. The summed E-state index contributed by atoms with van der Waals surface area (Å²) >= 11 is 1.37. The minimum Gasteiger partial charge on any atom is -0.355 e. The predicted molar refractivity (Wildman–Crippen MR) is 114 cm³/mol. The molecule has 3 rings (SSSR count). The predicted octanol–water partition coefficient (Wildman–Crippen LogP) is 2.28. The normalized spacial score (nSPS) is 11.4. The molecule has 0 saturated carbocycles. The van der Waals surface area contributed by atoms with Gasteiger partial charge in [0.2, 0.25) is 15.9 Å². The molecule has 0 bridgehead atoms. The monoisotopic (exact) mass is 430 g/mol. The number of nitrogens with two attached hydrogens (primary N) is 1. The molecular weight excluding hydrogens is 408 g/mol. The Hall–Kier alpha value is -2.62. The van der Waals surface area contributed by atoms with Crippen molar-refractivity contribution in [2.24, 2.45) is 5.14 Å². The second kappa shape index (κ2) is 9.25. The van der Waals surface area contributed by atoms with Crippen molar-refractivity contribution in [3.63, 3.8) is 0 Å².